The highest BCUT2D eigenvalue weighted by Crippen LogP contribution is 2.51. The number of carbonyl (C=O) groups is 3. The standard InChI is InChI=1S/C22H24N2O6/c1-8-4-12(24(2)3)11-6-9-5-10-7-13(25)17(22(23)30)21(29)15(10)19(27)14(9)20(28)16(11)18(8)26/h4,9-10,15,26,28-29H,5-7H2,1-3H3,(H2,23,30). The number of anilines is 1. The third-order valence-electron chi connectivity index (χ3n) is 6.54. The zero-order chi connectivity index (χ0) is 22.1. The Balaban J connectivity index is 1.92. The second kappa shape index (κ2) is 6.62. The fourth-order valence-electron chi connectivity index (χ4n) is 5.22. The van der Waals surface area contributed by atoms with Crippen molar-refractivity contribution >= 4 is 28.9 Å². The van der Waals surface area contributed by atoms with E-state index in [1.54, 1.807) is 6.92 Å². The van der Waals surface area contributed by atoms with E-state index in [0.29, 0.717) is 18.4 Å². The van der Waals surface area contributed by atoms with E-state index in [9.17, 15) is 29.7 Å². The number of aliphatic hydroxyl groups excluding tert-OH is 2. The van der Waals surface area contributed by atoms with Crippen LogP contribution in [0.1, 0.15) is 29.5 Å². The Bertz CT molecular complexity index is 1080. The minimum atomic E-state index is -1.10. The molecule has 0 spiro atoms. The number of Topliss-reactive ketones (excluding diaryl/α,β-unsaturated/α-hetero) is 2. The molecule has 0 aliphatic heterocycles. The number of nitrogens with two attached hydrogens (primary N) is 1. The van der Waals surface area contributed by atoms with Crippen LogP contribution in [0.4, 0.5) is 5.69 Å². The molecule has 8 nitrogen and oxygen atoms in total. The van der Waals surface area contributed by atoms with Gasteiger partial charge in [-0.15, -0.1) is 0 Å². The average molecular weight is 412 g/mol. The Morgan fingerprint density at radius 2 is 1.83 bits per heavy atom. The molecule has 3 aliphatic carbocycles. The Labute approximate surface area is 173 Å². The maximum absolute atomic E-state index is 13.3. The van der Waals surface area contributed by atoms with E-state index in [1.807, 2.05) is 25.1 Å². The number of aryl methyl sites for hydroxylation is 1. The Morgan fingerprint density at radius 1 is 1.17 bits per heavy atom. The summed E-state index contributed by atoms with van der Waals surface area (Å²) in [5.41, 5.74) is 7.18. The molecule has 0 bridgehead atoms. The van der Waals surface area contributed by atoms with E-state index >= 15 is 0 Å². The third kappa shape index (κ3) is 2.63. The van der Waals surface area contributed by atoms with Gasteiger partial charge in [-0.25, -0.2) is 0 Å². The molecule has 158 valence electrons. The number of rotatable bonds is 2. The van der Waals surface area contributed by atoms with E-state index in [4.69, 9.17) is 5.73 Å². The number of carbonyl (C=O) groups excluding carboxylic acids is 3. The first-order valence-corrected chi connectivity index (χ1v) is 9.81. The summed E-state index contributed by atoms with van der Waals surface area (Å²) in [6, 6.07) is 1.83. The Morgan fingerprint density at radius 3 is 2.43 bits per heavy atom. The highest BCUT2D eigenvalue weighted by molar-refractivity contribution is 6.21. The van der Waals surface area contributed by atoms with E-state index in [-0.39, 0.29) is 35.0 Å². The molecule has 5 N–H and O–H groups in total. The summed E-state index contributed by atoms with van der Waals surface area (Å²) in [5.74, 6) is -5.10. The number of allylic oxidation sites excluding steroid dienone is 2. The zero-order valence-corrected chi connectivity index (χ0v) is 17.0. The number of aliphatic hydroxyl groups is 2. The van der Waals surface area contributed by atoms with Crippen LogP contribution in [0.3, 0.4) is 0 Å². The molecule has 0 heterocycles. The lowest BCUT2D eigenvalue weighted by atomic mass is 9.61. The van der Waals surface area contributed by atoms with Gasteiger partial charge < -0.3 is 26.0 Å². The molecule has 3 atom stereocenters. The summed E-state index contributed by atoms with van der Waals surface area (Å²) >= 11 is 0. The number of hydrogen-bond donors (Lipinski definition) is 4. The van der Waals surface area contributed by atoms with Crippen molar-refractivity contribution < 1.29 is 29.7 Å². The van der Waals surface area contributed by atoms with Crippen LogP contribution in [-0.4, -0.2) is 46.9 Å². The molecule has 0 radical (unpaired) electrons. The number of primary amides is 1. The number of aromatic hydroxyl groups is 1. The van der Waals surface area contributed by atoms with Crippen molar-refractivity contribution in [1.29, 1.82) is 0 Å². The van der Waals surface area contributed by atoms with E-state index in [2.05, 4.69) is 0 Å². The van der Waals surface area contributed by atoms with Crippen LogP contribution in [0.2, 0.25) is 0 Å². The molecular weight excluding hydrogens is 388 g/mol. The Kier molecular flexibility index (Phi) is 4.41. The minimum absolute atomic E-state index is 0.0597. The first kappa shape index (κ1) is 20.0. The van der Waals surface area contributed by atoms with Gasteiger partial charge in [0.15, 0.2) is 11.6 Å². The largest absolute Gasteiger partial charge is 0.511 e. The van der Waals surface area contributed by atoms with Crippen LogP contribution in [-0.2, 0) is 20.8 Å². The predicted octanol–water partition coefficient (Wildman–Crippen LogP) is 1.68. The normalized spacial score (nSPS) is 25.6. The van der Waals surface area contributed by atoms with E-state index in [1.165, 1.54) is 0 Å². The van der Waals surface area contributed by atoms with Crippen LogP contribution in [0.5, 0.6) is 5.75 Å². The van der Waals surface area contributed by atoms with Gasteiger partial charge >= 0.3 is 0 Å². The van der Waals surface area contributed by atoms with Crippen LogP contribution in [0, 0.1) is 24.7 Å². The summed E-state index contributed by atoms with van der Waals surface area (Å²) < 4.78 is 0. The number of fused-ring (bicyclic) bond motifs is 3. The lowest BCUT2D eigenvalue weighted by molar-refractivity contribution is -0.127. The summed E-state index contributed by atoms with van der Waals surface area (Å²) in [5, 5.41) is 32.2. The van der Waals surface area contributed by atoms with Crippen molar-refractivity contribution in [2.75, 3.05) is 19.0 Å². The van der Waals surface area contributed by atoms with Crippen LogP contribution in [0.25, 0.3) is 5.76 Å². The fourth-order valence-corrected chi connectivity index (χ4v) is 5.22. The highest BCUT2D eigenvalue weighted by Gasteiger charge is 2.51. The molecule has 3 unspecified atom stereocenters. The molecule has 4 rings (SSSR count). The maximum Gasteiger partial charge on any atom is 0.255 e. The van der Waals surface area contributed by atoms with Gasteiger partial charge in [-0.2, -0.15) is 0 Å². The molecule has 1 fully saturated rings. The second-order valence-corrected chi connectivity index (χ2v) is 8.56. The average Bonchev–Trinajstić information content (AvgIpc) is 2.63. The number of benzene rings is 1. The topological polar surface area (TPSA) is 141 Å². The van der Waals surface area contributed by atoms with Gasteiger partial charge in [-0.05, 0) is 48.8 Å². The Hall–Kier alpha value is -3.29. The number of amides is 1. The van der Waals surface area contributed by atoms with Crippen LogP contribution in [0.15, 0.2) is 23.0 Å². The first-order valence-electron chi connectivity index (χ1n) is 9.81. The number of phenols is 1. The molecule has 1 aromatic rings. The first-order chi connectivity index (χ1) is 14.0. The van der Waals surface area contributed by atoms with Crippen molar-refractivity contribution in [2.24, 2.45) is 23.5 Å². The molecule has 1 saturated carbocycles. The van der Waals surface area contributed by atoms with Crippen LogP contribution >= 0.6 is 0 Å². The molecule has 0 saturated heterocycles. The van der Waals surface area contributed by atoms with Gasteiger partial charge in [0, 0.05) is 31.8 Å². The number of hydrogen-bond acceptors (Lipinski definition) is 7. The van der Waals surface area contributed by atoms with Crippen LogP contribution < -0.4 is 10.6 Å². The highest BCUT2D eigenvalue weighted by atomic mass is 16.3. The van der Waals surface area contributed by atoms with Gasteiger partial charge in [0.05, 0.1) is 11.5 Å². The van der Waals surface area contributed by atoms with Crippen molar-refractivity contribution in [3.63, 3.8) is 0 Å². The molecule has 3 aliphatic rings. The SMILES string of the molecule is Cc1cc(N(C)C)c2c(c1O)C(O)=C1C(=O)C3C(O)=C(C(N)=O)C(=O)CC3CC1C2. The van der Waals surface area contributed by atoms with E-state index < -0.39 is 40.6 Å². The molecule has 1 amide bonds. The number of phenolic OH excluding ortho intramolecular Hbond substituents is 1. The second-order valence-electron chi connectivity index (χ2n) is 8.56. The zero-order valence-electron chi connectivity index (χ0n) is 17.0. The molecule has 0 aromatic heterocycles. The lowest BCUT2D eigenvalue weighted by Crippen LogP contribution is -2.44. The monoisotopic (exact) mass is 412 g/mol. The van der Waals surface area contributed by atoms with Crippen molar-refractivity contribution in [1.82, 2.24) is 0 Å². The third-order valence-corrected chi connectivity index (χ3v) is 6.54. The van der Waals surface area contributed by atoms with Gasteiger partial charge in [0.1, 0.15) is 22.8 Å². The smallest absolute Gasteiger partial charge is 0.255 e. The molecular formula is C22H24N2O6. The lowest BCUT2D eigenvalue weighted by Gasteiger charge is -2.41. The summed E-state index contributed by atoms with van der Waals surface area (Å²) in [7, 11) is 3.72. The molecule has 8 heteroatoms. The fraction of sp³-hybridized carbons (Fsp3) is 0.409. The maximum atomic E-state index is 13.3. The predicted molar refractivity (Wildman–Crippen MR) is 109 cm³/mol. The van der Waals surface area contributed by atoms with Gasteiger partial charge in [0.25, 0.3) is 5.91 Å². The summed E-state index contributed by atoms with van der Waals surface area (Å²) in [4.78, 5) is 39.2. The van der Waals surface area contributed by atoms with Crippen molar-refractivity contribution in [3.8, 4) is 5.75 Å². The quantitative estimate of drug-likeness (QED) is 0.542. The molecule has 1 aromatic carbocycles. The summed E-state index contributed by atoms with van der Waals surface area (Å²) in [6.45, 7) is 1.71. The van der Waals surface area contributed by atoms with Gasteiger partial charge in [-0.1, -0.05) is 0 Å². The number of nitrogens with zero attached hydrogens (tertiary/aromatic N) is 1. The number of ketones is 2. The van der Waals surface area contributed by atoms with E-state index in [0.717, 1.165) is 11.3 Å². The van der Waals surface area contributed by atoms with Crippen molar-refractivity contribution in [3.05, 3.63) is 39.7 Å². The van der Waals surface area contributed by atoms with Gasteiger partial charge in [-0.3, -0.25) is 14.4 Å². The minimum Gasteiger partial charge on any atom is -0.511 e. The summed E-state index contributed by atoms with van der Waals surface area (Å²) in [6.07, 6.45) is 0.737. The van der Waals surface area contributed by atoms with Gasteiger partial charge in [0.2, 0.25) is 0 Å². The van der Waals surface area contributed by atoms with Crippen molar-refractivity contribution in [2.45, 2.75) is 26.2 Å². The molecule has 30 heavy (non-hydrogen) atoms.